The average Bonchev–Trinajstić information content (AvgIpc) is 2.77. The van der Waals surface area contributed by atoms with E-state index in [9.17, 15) is 4.79 Å². The van der Waals surface area contributed by atoms with Crippen molar-refractivity contribution >= 4 is 46.2 Å². The number of rotatable bonds is 3. The van der Waals surface area contributed by atoms with E-state index in [0.717, 1.165) is 28.1 Å². The second-order valence-corrected chi connectivity index (χ2v) is 9.59. The summed E-state index contributed by atoms with van der Waals surface area (Å²) < 4.78 is 6.62. The van der Waals surface area contributed by atoms with Crippen LogP contribution in [0.3, 0.4) is 0 Å². The Bertz CT molecular complexity index is 1250. The van der Waals surface area contributed by atoms with Crippen LogP contribution in [-0.2, 0) is 4.79 Å². The Balaban J connectivity index is 1.62. The van der Waals surface area contributed by atoms with Crippen LogP contribution in [0.1, 0.15) is 29.7 Å². The summed E-state index contributed by atoms with van der Waals surface area (Å²) in [7, 11) is 0. The lowest BCUT2D eigenvalue weighted by molar-refractivity contribution is -0.130. The molecule has 1 saturated heterocycles. The number of thiocarbonyl (C=S) groups is 1. The number of nitrogens with one attached hydrogen (secondary N) is 2. The zero-order valence-electron chi connectivity index (χ0n) is 18.6. The molecule has 5 nitrogen and oxygen atoms in total. The van der Waals surface area contributed by atoms with E-state index in [1.807, 2.05) is 62.1 Å². The standard InChI is InChI=1S/C26H24ClN3O2S/c1-15-4-11-19(12-5-15)30-25(33)29-23-20-14-16(2)6-13-21(20)32-26(30,3)22(23)24(31)28-18-9-7-17(27)8-10-18/h4-14,22-23H,1-3H3,(H,28,31)(H,29,33)/t22-,23+,26+/m1/s1. The predicted molar refractivity (Wildman–Crippen MR) is 136 cm³/mol. The molecule has 3 aromatic rings. The van der Waals surface area contributed by atoms with Crippen LogP contribution >= 0.6 is 23.8 Å². The number of ether oxygens (including phenoxy) is 1. The van der Waals surface area contributed by atoms with Crippen molar-refractivity contribution in [2.75, 3.05) is 10.2 Å². The molecule has 3 aromatic carbocycles. The fourth-order valence-corrected chi connectivity index (χ4v) is 5.28. The number of carbonyl (C=O) groups is 1. The van der Waals surface area contributed by atoms with Crippen molar-refractivity contribution in [3.05, 3.63) is 88.4 Å². The zero-order chi connectivity index (χ0) is 23.3. The maximum atomic E-state index is 13.8. The van der Waals surface area contributed by atoms with Crippen LogP contribution in [0.25, 0.3) is 0 Å². The molecule has 33 heavy (non-hydrogen) atoms. The normalized spacial score (nSPS) is 23.3. The maximum Gasteiger partial charge on any atom is 0.236 e. The summed E-state index contributed by atoms with van der Waals surface area (Å²) in [6, 6.07) is 20.8. The van der Waals surface area contributed by atoms with Crippen molar-refractivity contribution in [3.8, 4) is 5.75 Å². The second-order valence-electron chi connectivity index (χ2n) is 8.77. The molecule has 2 N–H and O–H groups in total. The molecule has 7 heteroatoms. The Morgan fingerprint density at radius 2 is 1.73 bits per heavy atom. The van der Waals surface area contributed by atoms with Gasteiger partial charge in [-0.05, 0) is 75.5 Å². The van der Waals surface area contributed by atoms with Crippen molar-refractivity contribution in [2.45, 2.75) is 32.5 Å². The Hall–Kier alpha value is -3.09. The quantitative estimate of drug-likeness (QED) is 0.470. The third-order valence-electron chi connectivity index (χ3n) is 6.34. The lowest BCUT2D eigenvalue weighted by Gasteiger charge is -2.56. The van der Waals surface area contributed by atoms with Gasteiger partial charge in [-0.25, -0.2) is 0 Å². The van der Waals surface area contributed by atoms with Gasteiger partial charge in [0, 0.05) is 22.0 Å². The van der Waals surface area contributed by atoms with E-state index in [1.54, 1.807) is 24.3 Å². The Labute approximate surface area is 203 Å². The summed E-state index contributed by atoms with van der Waals surface area (Å²) in [4.78, 5) is 15.7. The molecule has 0 saturated carbocycles. The molecule has 0 radical (unpaired) electrons. The number of hydrogen-bond donors (Lipinski definition) is 2. The van der Waals surface area contributed by atoms with Gasteiger partial charge in [0.25, 0.3) is 0 Å². The van der Waals surface area contributed by atoms with Crippen molar-refractivity contribution in [1.82, 2.24) is 5.32 Å². The molecular formula is C26H24ClN3O2S. The van der Waals surface area contributed by atoms with Gasteiger partial charge in [-0.2, -0.15) is 0 Å². The number of aryl methyl sites for hydroxylation is 2. The zero-order valence-corrected chi connectivity index (χ0v) is 20.1. The molecule has 0 aromatic heterocycles. The fourth-order valence-electron chi connectivity index (χ4n) is 4.74. The summed E-state index contributed by atoms with van der Waals surface area (Å²) in [5.74, 6) is -0.00433. The van der Waals surface area contributed by atoms with Crippen LogP contribution in [0.2, 0.25) is 5.02 Å². The van der Waals surface area contributed by atoms with E-state index < -0.39 is 11.6 Å². The topological polar surface area (TPSA) is 53.6 Å². The summed E-state index contributed by atoms with van der Waals surface area (Å²) in [5, 5.41) is 7.62. The number of nitrogens with zero attached hydrogens (tertiary/aromatic N) is 1. The van der Waals surface area contributed by atoms with Crippen molar-refractivity contribution < 1.29 is 9.53 Å². The molecular weight excluding hydrogens is 454 g/mol. The number of amides is 1. The largest absolute Gasteiger partial charge is 0.467 e. The highest BCUT2D eigenvalue weighted by Crippen LogP contribution is 2.50. The third-order valence-corrected chi connectivity index (χ3v) is 6.89. The molecule has 1 amide bonds. The molecule has 2 aliphatic heterocycles. The Kier molecular flexibility index (Phi) is 5.30. The number of benzene rings is 3. The Morgan fingerprint density at radius 1 is 1.06 bits per heavy atom. The van der Waals surface area contributed by atoms with Crippen molar-refractivity contribution in [3.63, 3.8) is 0 Å². The molecule has 3 atom stereocenters. The van der Waals surface area contributed by atoms with E-state index >= 15 is 0 Å². The van der Waals surface area contributed by atoms with E-state index in [2.05, 4.69) is 16.7 Å². The first-order valence-electron chi connectivity index (χ1n) is 10.8. The summed E-state index contributed by atoms with van der Waals surface area (Å²) in [6.45, 7) is 5.99. The van der Waals surface area contributed by atoms with Gasteiger partial charge < -0.3 is 15.4 Å². The fraction of sp³-hybridized carbons (Fsp3) is 0.231. The molecule has 0 aliphatic carbocycles. The number of anilines is 2. The second kappa shape index (κ2) is 8.04. The van der Waals surface area contributed by atoms with Gasteiger partial charge in [-0.1, -0.05) is 47.0 Å². The first kappa shape index (κ1) is 21.7. The average molecular weight is 478 g/mol. The van der Waals surface area contributed by atoms with Crippen molar-refractivity contribution in [1.29, 1.82) is 0 Å². The van der Waals surface area contributed by atoms with Gasteiger partial charge in [-0.15, -0.1) is 0 Å². The highest BCUT2D eigenvalue weighted by Gasteiger charge is 2.59. The van der Waals surface area contributed by atoms with Gasteiger partial charge in [0.1, 0.15) is 11.7 Å². The molecule has 1 fully saturated rings. The van der Waals surface area contributed by atoms with E-state index in [1.165, 1.54) is 0 Å². The van der Waals surface area contributed by atoms with E-state index in [4.69, 9.17) is 28.6 Å². The molecule has 5 rings (SSSR count). The maximum absolute atomic E-state index is 13.8. The predicted octanol–water partition coefficient (Wildman–Crippen LogP) is 5.76. The minimum absolute atomic E-state index is 0.163. The molecule has 2 aliphatic rings. The summed E-state index contributed by atoms with van der Waals surface area (Å²) >= 11 is 11.8. The molecule has 2 bridgehead atoms. The highest BCUT2D eigenvalue weighted by atomic mass is 35.5. The van der Waals surface area contributed by atoms with Crippen LogP contribution in [0, 0.1) is 19.8 Å². The SMILES string of the molecule is Cc1ccc(N2C(=S)N[C@H]3c4cc(C)ccc4O[C@@]2(C)[C@H]3C(=O)Nc2ccc(Cl)cc2)cc1. The van der Waals surface area contributed by atoms with Gasteiger partial charge in [0.15, 0.2) is 10.8 Å². The third kappa shape index (κ3) is 3.73. The van der Waals surface area contributed by atoms with Crippen molar-refractivity contribution in [2.24, 2.45) is 5.92 Å². The molecule has 0 unspecified atom stereocenters. The lowest BCUT2D eigenvalue weighted by Crippen LogP contribution is -2.72. The molecule has 168 valence electrons. The lowest BCUT2D eigenvalue weighted by atomic mass is 9.78. The van der Waals surface area contributed by atoms with Crippen LogP contribution in [0.15, 0.2) is 66.7 Å². The summed E-state index contributed by atoms with van der Waals surface area (Å²) in [5.41, 5.74) is 3.65. The smallest absolute Gasteiger partial charge is 0.236 e. The van der Waals surface area contributed by atoms with Crippen LogP contribution in [0.5, 0.6) is 5.75 Å². The number of hydrogen-bond acceptors (Lipinski definition) is 3. The summed E-state index contributed by atoms with van der Waals surface area (Å²) in [6.07, 6.45) is 0. The van der Waals surface area contributed by atoms with Gasteiger partial charge in [0.05, 0.1) is 6.04 Å². The molecule has 2 heterocycles. The van der Waals surface area contributed by atoms with Gasteiger partial charge >= 0.3 is 0 Å². The van der Waals surface area contributed by atoms with Crippen LogP contribution < -0.4 is 20.3 Å². The number of fused-ring (bicyclic) bond motifs is 4. The number of carbonyl (C=O) groups excluding carboxylic acids is 1. The molecule has 0 spiro atoms. The van der Waals surface area contributed by atoms with Gasteiger partial charge in [0.2, 0.25) is 5.91 Å². The van der Waals surface area contributed by atoms with Crippen LogP contribution in [-0.4, -0.2) is 16.7 Å². The number of halogens is 1. The van der Waals surface area contributed by atoms with E-state index in [0.29, 0.717) is 15.8 Å². The van der Waals surface area contributed by atoms with Gasteiger partial charge in [-0.3, -0.25) is 9.69 Å². The minimum Gasteiger partial charge on any atom is -0.467 e. The van der Waals surface area contributed by atoms with Crippen LogP contribution in [0.4, 0.5) is 11.4 Å². The first-order chi connectivity index (χ1) is 15.8. The monoisotopic (exact) mass is 477 g/mol. The first-order valence-corrected chi connectivity index (χ1v) is 11.6. The Morgan fingerprint density at radius 3 is 2.42 bits per heavy atom. The highest BCUT2D eigenvalue weighted by molar-refractivity contribution is 7.80. The minimum atomic E-state index is -1.04. The van der Waals surface area contributed by atoms with E-state index in [-0.39, 0.29) is 11.9 Å².